The number of nitrogens with one attached hydrogen (secondary N) is 1. The highest BCUT2D eigenvalue weighted by molar-refractivity contribution is 7.99. The van der Waals surface area contributed by atoms with E-state index in [-0.39, 0.29) is 0 Å². The normalized spacial score (nSPS) is 21.1. The molecule has 3 nitrogen and oxygen atoms in total. The minimum atomic E-state index is 0.568. The Kier molecular flexibility index (Phi) is 2.97. The summed E-state index contributed by atoms with van der Waals surface area (Å²) in [6.07, 6.45) is 4.21. The maximum absolute atomic E-state index is 4.35. The number of rotatable bonds is 2. The molecule has 84 valence electrons. The van der Waals surface area contributed by atoms with E-state index in [2.05, 4.69) is 20.7 Å². The minimum Gasteiger partial charge on any atom is -0.365 e. The molecule has 0 saturated carbocycles. The molecular formula is C11H13N3S2. The van der Waals surface area contributed by atoms with E-state index in [9.17, 15) is 0 Å². The molecule has 0 aromatic carbocycles. The summed E-state index contributed by atoms with van der Waals surface area (Å²) in [5.74, 6) is 3.50. The van der Waals surface area contributed by atoms with Gasteiger partial charge in [-0.3, -0.25) is 0 Å². The molecule has 3 heterocycles. The van der Waals surface area contributed by atoms with Gasteiger partial charge in [0.15, 0.2) is 0 Å². The van der Waals surface area contributed by atoms with E-state index in [0.717, 1.165) is 11.3 Å². The van der Waals surface area contributed by atoms with Crippen LogP contribution in [0.3, 0.4) is 0 Å². The van der Waals surface area contributed by atoms with Crippen molar-refractivity contribution < 1.29 is 0 Å². The standard InChI is InChI=1S/C11H13N3S2/c1-2-8(6-15-4-1)14-11-10-9(3-5-16-10)12-7-13-11/h3,5,7-8H,1-2,4,6H2,(H,12,13,14). The van der Waals surface area contributed by atoms with Crippen molar-refractivity contribution in [3.05, 3.63) is 17.8 Å². The minimum absolute atomic E-state index is 0.568. The Balaban J connectivity index is 1.85. The molecule has 2 aromatic heterocycles. The predicted molar refractivity (Wildman–Crippen MR) is 71.4 cm³/mol. The van der Waals surface area contributed by atoms with Crippen LogP contribution in [-0.2, 0) is 0 Å². The Bertz CT molecular complexity index is 477. The molecule has 1 saturated heterocycles. The molecule has 0 spiro atoms. The van der Waals surface area contributed by atoms with E-state index < -0.39 is 0 Å². The third-order valence-corrected chi connectivity index (χ3v) is 4.87. The summed E-state index contributed by atoms with van der Waals surface area (Å²) in [6, 6.07) is 2.61. The molecule has 3 rings (SSSR count). The van der Waals surface area contributed by atoms with Gasteiger partial charge in [0.1, 0.15) is 12.1 Å². The molecule has 1 unspecified atom stereocenters. The number of fused-ring (bicyclic) bond motifs is 1. The van der Waals surface area contributed by atoms with Crippen LogP contribution < -0.4 is 5.32 Å². The number of thiophene rings is 1. The van der Waals surface area contributed by atoms with Gasteiger partial charge in [0.05, 0.1) is 10.2 Å². The van der Waals surface area contributed by atoms with E-state index in [4.69, 9.17) is 0 Å². The molecule has 2 aromatic rings. The summed E-state index contributed by atoms with van der Waals surface area (Å²) < 4.78 is 1.18. The molecule has 1 fully saturated rings. The largest absolute Gasteiger partial charge is 0.365 e. The quantitative estimate of drug-likeness (QED) is 0.890. The number of hydrogen-bond acceptors (Lipinski definition) is 5. The summed E-state index contributed by atoms with van der Waals surface area (Å²) in [5, 5.41) is 5.62. The van der Waals surface area contributed by atoms with Gasteiger partial charge in [-0.25, -0.2) is 9.97 Å². The first-order valence-corrected chi connectivity index (χ1v) is 7.49. The number of thioether (sulfide) groups is 1. The van der Waals surface area contributed by atoms with E-state index in [0.29, 0.717) is 6.04 Å². The van der Waals surface area contributed by atoms with Crippen molar-refractivity contribution in [2.75, 3.05) is 16.8 Å². The highest BCUT2D eigenvalue weighted by Crippen LogP contribution is 2.27. The molecule has 5 heteroatoms. The molecule has 16 heavy (non-hydrogen) atoms. The fourth-order valence-electron chi connectivity index (χ4n) is 1.94. The van der Waals surface area contributed by atoms with Gasteiger partial charge >= 0.3 is 0 Å². The molecule has 1 N–H and O–H groups in total. The second kappa shape index (κ2) is 4.59. The maximum atomic E-state index is 4.35. The molecule has 1 aliphatic heterocycles. The Morgan fingerprint density at radius 3 is 3.25 bits per heavy atom. The van der Waals surface area contributed by atoms with Gasteiger partial charge in [-0.1, -0.05) is 0 Å². The van der Waals surface area contributed by atoms with E-state index in [1.807, 2.05) is 17.8 Å². The van der Waals surface area contributed by atoms with Crippen molar-refractivity contribution >= 4 is 39.1 Å². The fourth-order valence-corrected chi connectivity index (χ4v) is 3.81. The first-order valence-electron chi connectivity index (χ1n) is 5.46. The molecular weight excluding hydrogens is 238 g/mol. The van der Waals surface area contributed by atoms with Crippen LogP contribution >= 0.6 is 23.1 Å². The molecule has 0 aliphatic carbocycles. The Morgan fingerprint density at radius 2 is 2.38 bits per heavy atom. The Labute approximate surface area is 103 Å². The zero-order valence-electron chi connectivity index (χ0n) is 8.85. The number of anilines is 1. The van der Waals surface area contributed by atoms with E-state index >= 15 is 0 Å². The van der Waals surface area contributed by atoms with Crippen LogP contribution in [0.2, 0.25) is 0 Å². The molecule has 1 atom stereocenters. The highest BCUT2D eigenvalue weighted by atomic mass is 32.2. The van der Waals surface area contributed by atoms with Crippen molar-refractivity contribution in [1.82, 2.24) is 9.97 Å². The molecule has 0 amide bonds. The lowest BCUT2D eigenvalue weighted by molar-refractivity contribution is 0.683. The van der Waals surface area contributed by atoms with Crippen LogP contribution in [0.15, 0.2) is 17.8 Å². The van der Waals surface area contributed by atoms with Crippen LogP contribution in [0.1, 0.15) is 12.8 Å². The third kappa shape index (κ3) is 2.01. The van der Waals surface area contributed by atoms with E-state index in [1.54, 1.807) is 17.7 Å². The third-order valence-electron chi connectivity index (χ3n) is 2.74. The van der Waals surface area contributed by atoms with Gasteiger partial charge in [-0.15, -0.1) is 11.3 Å². The fraction of sp³-hybridized carbons (Fsp3) is 0.455. The van der Waals surface area contributed by atoms with Gasteiger partial charge in [-0.05, 0) is 30.0 Å². The van der Waals surface area contributed by atoms with Crippen LogP contribution in [0, 0.1) is 0 Å². The number of hydrogen-bond donors (Lipinski definition) is 1. The lowest BCUT2D eigenvalue weighted by Crippen LogP contribution is -2.26. The van der Waals surface area contributed by atoms with Crippen molar-refractivity contribution in [3.63, 3.8) is 0 Å². The van der Waals surface area contributed by atoms with Crippen molar-refractivity contribution in [3.8, 4) is 0 Å². The SMILES string of the molecule is c1nc(NC2CCCSC2)c2sccc2n1. The highest BCUT2D eigenvalue weighted by Gasteiger charge is 2.15. The molecule has 0 radical (unpaired) electrons. The maximum Gasteiger partial charge on any atom is 0.147 e. The zero-order valence-corrected chi connectivity index (χ0v) is 10.5. The smallest absolute Gasteiger partial charge is 0.147 e. The Morgan fingerprint density at radius 1 is 1.38 bits per heavy atom. The summed E-state index contributed by atoms with van der Waals surface area (Å²) in [7, 11) is 0. The average Bonchev–Trinajstić information content (AvgIpc) is 2.80. The number of nitrogens with zero attached hydrogens (tertiary/aromatic N) is 2. The van der Waals surface area contributed by atoms with Crippen molar-refractivity contribution in [2.24, 2.45) is 0 Å². The number of aromatic nitrogens is 2. The second-order valence-electron chi connectivity index (χ2n) is 3.92. The predicted octanol–water partition coefficient (Wildman–Crippen LogP) is 3.00. The van der Waals surface area contributed by atoms with Crippen LogP contribution in [0.25, 0.3) is 10.2 Å². The van der Waals surface area contributed by atoms with Crippen LogP contribution in [0.5, 0.6) is 0 Å². The van der Waals surface area contributed by atoms with Gasteiger partial charge in [-0.2, -0.15) is 11.8 Å². The zero-order chi connectivity index (χ0) is 10.8. The Hall–Kier alpha value is -0.810. The summed E-state index contributed by atoms with van der Waals surface area (Å²) in [5.41, 5.74) is 1.05. The van der Waals surface area contributed by atoms with Crippen molar-refractivity contribution in [1.29, 1.82) is 0 Å². The second-order valence-corrected chi connectivity index (χ2v) is 5.98. The monoisotopic (exact) mass is 251 g/mol. The van der Waals surface area contributed by atoms with E-state index in [1.165, 1.54) is 29.0 Å². The summed E-state index contributed by atoms with van der Waals surface area (Å²) >= 11 is 3.74. The van der Waals surface area contributed by atoms with Gasteiger partial charge < -0.3 is 5.32 Å². The lowest BCUT2D eigenvalue weighted by atomic mass is 10.2. The van der Waals surface area contributed by atoms with Gasteiger partial charge in [0.2, 0.25) is 0 Å². The van der Waals surface area contributed by atoms with Crippen LogP contribution in [0.4, 0.5) is 5.82 Å². The van der Waals surface area contributed by atoms with Gasteiger partial charge in [0.25, 0.3) is 0 Å². The topological polar surface area (TPSA) is 37.8 Å². The molecule has 0 bridgehead atoms. The summed E-state index contributed by atoms with van der Waals surface area (Å²) in [6.45, 7) is 0. The van der Waals surface area contributed by atoms with Crippen LogP contribution in [-0.4, -0.2) is 27.5 Å². The summed E-state index contributed by atoms with van der Waals surface area (Å²) in [4.78, 5) is 8.60. The average molecular weight is 251 g/mol. The molecule has 1 aliphatic rings. The first kappa shape index (κ1) is 10.4. The van der Waals surface area contributed by atoms with Gasteiger partial charge in [0, 0.05) is 11.8 Å². The lowest BCUT2D eigenvalue weighted by Gasteiger charge is -2.22. The first-order chi connectivity index (χ1) is 7.93. The van der Waals surface area contributed by atoms with Crippen molar-refractivity contribution in [2.45, 2.75) is 18.9 Å².